The summed E-state index contributed by atoms with van der Waals surface area (Å²) in [4.78, 5) is 13.7. The molecule has 0 aliphatic carbocycles. The van der Waals surface area contributed by atoms with E-state index in [1.54, 1.807) is 12.1 Å². The van der Waals surface area contributed by atoms with Gasteiger partial charge in [-0.2, -0.15) is 0 Å². The average molecular weight is 279 g/mol. The highest BCUT2D eigenvalue weighted by molar-refractivity contribution is 5.82. The van der Waals surface area contributed by atoms with Crippen LogP contribution < -0.4 is 15.5 Å². The minimum atomic E-state index is -0.235. The second-order valence-electron chi connectivity index (χ2n) is 5.07. The van der Waals surface area contributed by atoms with Crippen molar-refractivity contribution >= 4 is 11.6 Å². The van der Waals surface area contributed by atoms with E-state index in [1.807, 2.05) is 4.90 Å². The zero-order valence-electron chi connectivity index (χ0n) is 11.9. The van der Waals surface area contributed by atoms with Crippen LogP contribution in [0.3, 0.4) is 0 Å². The normalized spacial score (nSPS) is 15.9. The van der Waals surface area contributed by atoms with Gasteiger partial charge in [0.2, 0.25) is 5.91 Å². The fraction of sp³-hybridized carbons (Fsp3) is 0.533. The molecule has 1 saturated heterocycles. The Morgan fingerprint density at radius 3 is 3.10 bits per heavy atom. The second kappa shape index (κ2) is 7.24. The summed E-state index contributed by atoms with van der Waals surface area (Å²) >= 11 is 0. The number of anilines is 1. The molecule has 110 valence electrons. The second-order valence-corrected chi connectivity index (χ2v) is 5.07. The van der Waals surface area contributed by atoms with Crippen LogP contribution in [-0.2, 0) is 11.3 Å². The minimum Gasteiger partial charge on any atom is -0.362 e. The minimum absolute atomic E-state index is 0.0271. The lowest BCUT2D eigenvalue weighted by Gasteiger charge is -2.24. The first-order valence-electron chi connectivity index (χ1n) is 7.21. The van der Waals surface area contributed by atoms with E-state index in [0.717, 1.165) is 37.2 Å². The predicted octanol–water partition coefficient (Wildman–Crippen LogP) is 1.65. The molecule has 0 saturated carbocycles. The number of carbonyl (C=O) groups is 1. The zero-order valence-corrected chi connectivity index (χ0v) is 11.9. The summed E-state index contributed by atoms with van der Waals surface area (Å²) in [5.74, 6) is -0.208. The van der Waals surface area contributed by atoms with E-state index >= 15 is 0 Å². The van der Waals surface area contributed by atoms with Gasteiger partial charge in [0, 0.05) is 25.3 Å². The van der Waals surface area contributed by atoms with Crippen molar-refractivity contribution in [2.75, 3.05) is 31.1 Å². The van der Waals surface area contributed by atoms with Gasteiger partial charge in [-0.05, 0) is 43.1 Å². The lowest BCUT2D eigenvalue weighted by Crippen LogP contribution is -2.34. The maximum Gasteiger partial charge on any atom is 0.239 e. The number of benzene rings is 1. The Kier molecular flexibility index (Phi) is 5.35. The van der Waals surface area contributed by atoms with Crippen molar-refractivity contribution in [3.05, 3.63) is 29.6 Å². The average Bonchev–Trinajstić information content (AvgIpc) is 2.64. The molecule has 1 fully saturated rings. The van der Waals surface area contributed by atoms with Gasteiger partial charge in [-0.1, -0.05) is 6.92 Å². The molecule has 1 aromatic rings. The van der Waals surface area contributed by atoms with E-state index in [2.05, 4.69) is 17.6 Å². The number of halogens is 1. The van der Waals surface area contributed by atoms with Gasteiger partial charge in [0.1, 0.15) is 5.82 Å². The Labute approximate surface area is 119 Å². The Morgan fingerprint density at radius 2 is 2.30 bits per heavy atom. The van der Waals surface area contributed by atoms with Crippen molar-refractivity contribution in [3.63, 3.8) is 0 Å². The summed E-state index contributed by atoms with van der Waals surface area (Å²) in [6, 6.07) is 4.79. The Bertz CT molecular complexity index is 464. The van der Waals surface area contributed by atoms with Gasteiger partial charge in [0.15, 0.2) is 0 Å². The Hall–Kier alpha value is -1.62. The van der Waals surface area contributed by atoms with Gasteiger partial charge >= 0.3 is 0 Å². The van der Waals surface area contributed by atoms with Crippen LogP contribution in [0.2, 0.25) is 0 Å². The van der Waals surface area contributed by atoms with Crippen molar-refractivity contribution in [1.29, 1.82) is 0 Å². The van der Waals surface area contributed by atoms with Crippen LogP contribution in [0.4, 0.5) is 10.1 Å². The highest BCUT2D eigenvalue weighted by atomic mass is 19.1. The van der Waals surface area contributed by atoms with Crippen LogP contribution in [0.5, 0.6) is 0 Å². The Balaban J connectivity index is 2.17. The molecule has 2 N–H and O–H groups in total. The van der Waals surface area contributed by atoms with Crippen LogP contribution in [0.25, 0.3) is 0 Å². The number of hydrogen-bond acceptors (Lipinski definition) is 3. The fourth-order valence-corrected chi connectivity index (χ4v) is 2.42. The van der Waals surface area contributed by atoms with Gasteiger partial charge in [0.25, 0.3) is 0 Å². The van der Waals surface area contributed by atoms with Crippen molar-refractivity contribution < 1.29 is 9.18 Å². The lowest BCUT2D eigenvalue weighted by atomic mass is 10.1. The third-order valence-electron chi connectivity index (χ3n) is 3.39. The SMILES string of the molecule is CCCNCc1cc(F)ccc1N1CCCNC(=O)C1. The van der Waals surface area contributed by atoms with Gasteiger partial charge in [0.05, 0.1) is 6.54 Å². The third kappa shape index (κ3) is 3.93. The topological polar surface area (TPSA) is 44.4 Å². The first-order chi connectivity index (χ1) is 9.70. The molecule has 0 atom stereocenters. The van der Waals surface area contributed by atoms with Crippen molar-refractivity contribution in [2.45, 2.75) is 26.3 Å². The van der Waals surface area contributed by atoms with Crippen molar-refractivity contribution in [1.82, 2.24) is 10.6 Å². The quantitative estimate of drug-likeness (QED) is 0.806. The lowest BCUT2D eigenvalue weighted by molar-refractivity contribution is -0.119. The molecule has 1 heterocycles. The monoisotopic (exact) mass is 279 g/mol. The predicted molar refractivity (Wildman–Crippen MR) is 78.2 cm³/mol. The summed E-state index contributed by atoms with van der Waals surface area (Å²) in [5, 5.41) is 6.15. The number of rotatable bonds is 5. The molecule has 5 heteroatoms. The van der Waals surface area contributed by atoms with E-state index in [-0.39, 0.29) is 11.7 Å². The maximum absolute atomic E-state index is 13.5. The molecule has 1 aliphatic heterocycles. The summed E-state index contributed by atoms with van der Waals surface area (Å²) in [5.41, 5.74) is 1.86. The van der Waals surface area contributed by atoms with Gasteiger partial charge in [-0.25, -0.2) is 4.39 Å². The molecule has 0 unspecified atom stereocenters. The number of amides is 1. The van der Waals surface area contributed by atoms with Crippen LogP contribution in [-0.4, -0.2) is 32.1 Å². The maximum atomic E-state index is 13.5. The van der Waals surface area contributed by atoms with E-state index < -0.39 is 0 Å². The van der Waals surface area contributed by atoms with E-state index in [0.29, 0.717) is 19.6 Å². The number of nitrogens with zero attached hydrogens (tertiary/aromatic N) is 1. The van der Waals surface area contributed by atoms with E-state index in [1.165, 1.54) is 6.07 Å². The molecular weight excluding hydrogens is 257 g/mol. The molecule has 0 spiro atoms. The van der Waals surface area contributed by atoms with Gasteiger partial charge < -0.3 is 15.5 Å². The number of carbonyl (C=O) groups excluding carboxylic acids is 1. The van der Waals surface area contributed by atoms with Crippen LogP contribution >= 0.6 is 0 Å². The molecule has 1 aromatic carbocycles. The summed E-state index contributed by atoms with van der Waals surface area (Å²) in [6.45, 7) is 5.48. The molecule has 0 bridgehead atoms. The summed E-state index contributed by atoms with van der Waals surface area (Å²) in [7, 11) is 0. The molecule has 2 rings (SSSR count). The third-order valence-corrected chi connectivity index (χ3v) is 3.39. The van der Waals surface area contributed by atoms with Crippen LogP contribution in [0, 0.1) is 5.82 Å². The number of nitrogens with one attached hydrogen (secondary N) is 2. The molecule has 0 aromatic heterocycles. The van der Waals surface area contributed by atoms with Gasteiger partial charge in [-0.3, -0.25) is 4.79 Å². The van der Waals surface area contributed by atoms with Crippen molar-refractivity contribution in [2.24, 2.45) is 0 Å². The van der Waals surface area contributed by atoms with Gasteiger partial charge in [-0.15, -0.1) is 0 Å². The zero-order chi connectivity index (χ0) is 14.4. The fourth-order valence-electron chi connectivity index (χ4n) is 2.42. The first kappa shape index (κ1) is 14.8. The van der Waals surface area contributed by atoms with E-state index in [4.69, 9.17) is 0 Å². The van der Waals surface area contributed by atoms with Crippen molar-refractivity contribution in [3.8, 4) is 0 Å². The Morgan fingerprint density at radius 1 is 1.45 bits per heavy atom. The molecular formula is C15H22FN3O. The summed E-state index contributed by atoms with van der Waals surface area (Å²) in [6.07, 6.45) is 1.95. The van der Waals surface area contributed by atoms with Crippen LogP contribution in [0.15, 0.2) is 18.2 Å². The molecule has 1 amide bonds. The largest absolute Gasteiger partial charge is 0.362 e. The molecule has 4 nitrogen and oxygen atoms in total. The molecule has 20 heavy (non-hydrogen) atoms. The first-order valence-corrected chi connectivity index (χ1v) is 7.21. The number of hydrogen-bond donors (Lipinski definition) is 2. The smallest absolute Gasteiger partial charge is 0.239 e. The summed E-state index contributed by atoms with van der Waals surface area (Å²) < 4.78 is 13.5. The standard InChI is InChI=1S/C15H22FN3O/c1-2-6-17-10-12-9-13(16)4-5-14(12)19-8-3-7-18-15(20)11-19/h4-5,9,17H,2-3,6-8,10-11H2,1H3,(H,18,20). The van der Waals surface area contributed by atoms with Crippen LogP contribution in [0.1, 0.15) is 25.3 Å². The highest BCUT2D eigenvalue weighted by Gasteiger charge is 2.17. The molecule has 1 aliphatic rings. The highest BCUT2D eigenvalue weighted by Crippen LogP contribution is 2.22. The molecule has 0 radical (unpaired) electrons. The van der Waals surface area contributed by atoms with E-state index in [9.17, 15) is 9.18 Å².